The molecule has 2 aromatic carbocycles. The number of hydrogen-bond acceptors (Lipinski definition) is 4. The molecule has 0 spiro atoms. The molecule has 0 amide bonds. The second-order valence-corrected chi connectivity index (χ2v) is 5.34. The second kappa shape index (κ2) is 7.22. The first-order chi connectivity index (χ1) is 9.74. The zero-order chi connectivity index (χ0) is 14.4. The van der Waals surface area contributed by atoms with E-state index in [4.69, 9.17) is 9.47 Å². The van der Waals surface area contributed by atoms with Gasteiger partial charge in [-0.3, -0.25) is 0 Å². The maximum absolute atomic E-state index is 10.3. The zero-order valence-corrected chi connectivity index (χ0v) is 12.4. The Kier molecular flexibility index (Phi) is 5.32. The lowest BCUT2D eigenvalue weighted by Gasteiger charge is -2.15. The molecule has 4 heteroatoms. The molecule has 2 rings (SSSR count). The summed E-state index contributed by atoms with van der Waals surface area (Å²) in [6.45, 7) is 0. The summed E-state index contributed by atoms with van der Waals surface area (Å²) in [6.07, 6.45) is -0.582. The van der Waals surface area contributed by atoms with Crippen LogP contribution in [0.25, 0.3) is 0 Å². The highest BCUT2D eigenvalue weighted by Crippen LogP contribution is 2.32. The highest BCUT2D eigenvalue weighted by molar-refractivity contribution is 7.99. The third kappa shape index (κ3) is 3.68. The highest BCUT2D eigenvalue weighted by Gasteiger charge is 2.14. The number of methoxy groups -OCH3 is 2. The lowest BCUT2D eigenvalue weighted by molar-refractivity contribution is 0.199. The smallest absolute Gasteiger partial charge is 0.128 e. The Morgan fingerprint density at radius 1 is 1.05 bits per heavy atom. The number of thioether (sulfide) groups is 1. The first kappa shape index (κ1) is 14.8. The molecule has 2 aromatic rings. The molecule has 0 radical (unpaired) electrons. The van der Waals surface area contributed by atoms with Crippen molar-refractivity contribution in [3.05, 3.63) is 54.1 Å². The number of benzene rings is 2. The first-order valence-corrected chi connectivity index (χ1v) is 7.31. The predicted molar refractivity (Wildman–Crippen MR) is 81.7 cm³/mol. The van der Waals surface area contributed by atoms with E-state index in [1.54, 1.807) is 32.0 Å². The van der Waals surface area contributed by atoms with Crippen molar-refractivity contribution in [1.82, 2.24) is 0 Å². The maximum atomic E-state index is 10.3. The molecule has 0 saturated carbocycles. The van der Waals surface area contributed by atoms with Crippen molar-refractivity contribution in [3.8, 4) is 11.5 Å². The van der Waals surface area contributed by atoms with Crippen LogP contribution >= 0.6 is 11.8 Å². The molecule has 0 saturated heterocycles. The fourth-order valence-corrected chi connectivity index (χ4v) is 2.75. The van der Waals surface area contributed by atoms with E-state index in [2.05, 4.69) is 0 Å². The number of ether oxygens (including phenoxy) is 2. The summed E-state index contributed by atoms with van der Waals surface area (Å²) in [6, 6.07) is 15.5. The van der Waals surface area contributed by atoms with Gasteiger partial charge < -0.3 is 14.6 Å². The van der Waals surface area contributed by atoms with Gasteiger partial charge in [0, 0.05) is 22.3 Å². The van der Waals surface area contributed by atoms with Crippen LogP contribution in [0.1, 0.15) is 11.7 Å². The molecule has 1 N–H and O–H groups in total. The van der Waals surface area contributed by atoms with E-state index in [1.165, 1.54) is 0 Å². The van der Waals surface area contributed by atoms with Crippen molar-refractivity contribution in [2.45, 2.75) is 11.0 Å². The number of hydrogen-bond donors (Lipinski definition) is 1. The van der Waals surface area contributed by atoms with E-state index in [0.717, 1.165) is 10.5 Å². The van der Waals surface area contributed by atoms with E-state index in [-0.39, 0.29) is 0 Å². The van der Waals surface area contributed by atoms with Crippen LogP contribution in [-0.4, -0.2) is 25.1 Å². The van der Waals surface area contributed by atoms with Crippen molar-refractivity contribution < 1.29 is 14.6 Å². The zero-order valence-electron chi connectivity index (χ0n) is 11.6. The number of rotatable bonds is 6. The van der Waals surface area contributed by atoms with Gasteiger partial charge in [0.1, 0.15) is 11.5 Å². The minimum Gasteiger partial charge on any atom is -0.497 e. The summed E-state index contributed by atoms with van der Waals surface area (Å²) in [7, 11) is 3.20. The van der Waals surface area contributed by atoms with Crippen LogP contribution in [0.15, 0.2) is 53.4 Å². The van der Waals surface area contributed by atoms with Gasteiger partial charge in [-0.15, -0.1) is 11.8 Å². The Labute approximate surface area is 123 Å². The SMILES string of the molecule is COc1ccc(C(O)CSc2ccccc2)c(OC)c1. The molecule has 1 unspecified atom stereocenters. The molecule has 106 valence electrons. The fourth-order valence-electron chi connectivity index (χ4n) is 1.88. The Balaban J connectivity index is 2.07. The van der Waals surface area contributed by atoms with Crippen molar-refractivity contribution in [2.24, 2.45) is 0 Å². The van der Waals surface area contributed by atoms with Crippen LogP contribution in [0.4, 0.5) is 0 Å². The van der Waals surface area contributed by atoms with Gasteiger partial charge in [-0.1, -0.05) is 18.2 Å². The minimum absolute atomic E-state index is 0.576. The van der Waals surface area contributed by atoms with Gasteiger partial charge in [-0.2, -0.15) is 0 Å². The summed E-state index contributed by atoms with van der Waals surface area (Å²) < 4.78 is 10.5. The van der Waals surface area contributed by atoms with Gasteiger partial charge in [0.15, 0.2) is 0 Å². The number of aliphatic hydroxyl groups is 1. The Hall–Kier alpha value is -1.65. The molecule has 0 aliphatic rings. The first-order valence-electron chi connectivity index (χ1n) is 6.32. The van der Waals surface area contributed by atoms with Crippen molar-refractivity contribution in [3.63, 3.8) is 0 Å². The molecular formula is C16H18O3S. The molecule has 0 aliphatic carbocycles. The van der Waals surface area contributed by atoms with Crippen molar-refractivity contribution in [2.75, 3.05) is 20.0 Å². The summed E-state index contributed by atoms with van der Waals surface area (Å²) in [5.41, 5.74) is 0.775. The van der Waals surface area contributed by atoms with Gasteiger partial charge in [-0.25, -0.2) is 0 Å². The second-order valence-electron chi connectivity index (χ2n) is 4.25. The largest absolute Gasteiger partial charge is 0.497 e. The average molecular weight is 290 g/mol. The average Bonchev–Trinajstić information content (AvgIpc) is 2.52. The molecule has 0 heterocycles. The van der Waals surface area contributed by atoms with Crippen LogP contribution in [-0.2, 0) is 0 Å². The molecule has 0 aliphatic heterocycles. The van der Waals surface area contributed by atoms with E-state index in [0.29, 0.717) is 17.3 Å². The van der Waals surface area contributed by atoms with Crippen LogP contribution in [0, 0.1) is 0 Å². The van der Waals surface area contributed by atoms with Gasteiger partial charge in [0.2, 0.25) is 0 Å². The Bertz CT molecular complexity index is 543. The molecule has 20 heavy (non-hydrogen) atoms. The Morgan fingerprint density at radius 3 is 2.45 bits per heavy atom. The van der Waals surface area contributed by atoms with Crippen LogP contribution in [0.5, 0.6) is 11.5 Å². The minimum atomic E-state index is -0.582. The quantitative estimate of drug-likeness (QED) is 0.826. The number of aliphatic hydroxyl groups excluding tert-OH is 1. The summed E-state index contributed by atoms with van der Waals surface area (Å²) >= 11 is 1.62. The third-order valence-corrected chi connectivity index (χ3v) is 4.04. The molecule has 3 nitrogen and oxygen atoms in total. The fraction of sp³-hybridized carbons (Fsp3) is 0.250. The summed E-state index contributed by atoms with van der Waals surface area (Å²) in [4.78, 5) is 1.14. The monoisotopic (exact) mass is 290 g/mol. The van der Waals surface area contributed by atoms with E-state index in [9.17, 15) is 5.11 Å². The van der Waals surface area contributed by atoms with Crippen molar-refractivity contribution >= 4 is 11.8 Å². The lowest BCUT2D eigenvalue weighted by Crippen LogP contribution is -2.03. The molecule has 0 fully saturated rings. The van der Waals surface area contributed by atoms with Gasteiger partial charge >= 0.3 is 0 Å². The summed E-state index contributed by atoms with van der Waals surface area (Å²) in [5, 5.41) is 10.3. The molecular weight excluding hydrogens is 272 g/mol. The maximum Gasteiger partial charge on any atom is 0.128 e. The highest BCUT2D eigenvalue weighted by atomic mass is 32.2. The third-order valence-electron chi connectivity index (χ3n) is 2.95. The van der Waals surface area contributed by atoms with Gasteiger partial charge in [0.25, 0.3) is 0 Å². The van der Waals surface area contributed by atoms with Gasteiger partial charge in [0.05, 0.1) is 20.3 Å². The summed E-state index contributed by atoms with van der Waals surface area (Å²) in [5.74, 6) is 1.94. The van der Waals surface area contributed by atoms with Crippen LogP contribution in [0.3, 0.4) is 0 Å². The lowest BCUT2D eigenvalue weighted by atomic mass is 10.1. The van der Waals surface area contributed by atoms with Crippen molar-refractivity contribution in [1.29, 1.82) is 0 Å². The predicted octanol–water partition coefficient (Wildman–Crippen LogP) is 3.53. The molecule has 1 atom stereocenters. The Morgan fingerprint density at radius 2 is 1.80 bits per heavy atom. The van der Waals surface area contributed by atoms with Crippen LogP contribution in [0.2, 0.25) is 0 Å². The van der Waals surface area contributed by atoms with Gasteiger partial charge in [-0.05, 0) is 24.3 Å². The van der Waals surface area contributed by atoms with Crippen LogP contribution < -0.4 is 9.47 Å². The van der Waals surface area contributed by atoms with E-state index < -0.39 is 6.10 Å². The normalized spacial score (nSPS) is 11.9. The molecule has 0 aromatic heterocycles. The van der Waals surface area contributed by atoms with E-state index in [1.807, 2.05) is 42.5 Å². The van der Waals surface area contributed by atoms with E-state index >= 15 is 0 Å². The molecule has 0 bridgehead atoms. The topological polar surface area (TPSA) is 38.7 Å². The standard InChI is InChI=1S/C16H18O3S/c1-18-12-8-9-14(16(10-12)19-2)15(17)11-20-13-6-4-3-5-7-13/h3-10,15,17H,11H2,1-2H3.